The minimum Gasteiger partial charge on any atom is -0.268 e. The molecule has 4 rings (SSSR count). The number of imidazole rings is 1. The van der Waals surface area contributed by atoms with Crippen molar-refractivity contribution < 1.29 is 4.79 Å². The van der Waals surface area contributed by atoms with Crippen molar-refractivity contribution in [3.63, 3.8) is 0 Å². The van der Waals surface area contributed by atoms with E-state index in [1.165, 1.54) is 5.56 Å². The Morgan fingerprint density at radius 1 is 0.840 bits per heavy atom. The van der Waals surface area contributed by atoms with Crippen LogP contribution in [0.4, 0.5) is 0 Å². The summed E-state index contributed by atoms with van der Waals surface area (Å²) in [5.41, 5.74) is 6.91. The van der Waals surface area contributed by atoms with Gasteiger partial charge in [0.15, 0.2) is 0 Å². The Morgan fingerprint density at radius 2 is 1.48 bits per heavy atom. The third-order valence-corrected chi connectivity index (χ3v) is 4.62. The molecule has 122 valence electrons. The first-order valence-corrected chi connectivity index (χ1v) is 8.28. The standard InChI is InChI=1S/C22H18N2O/c1-15-12-20-21(13-16(15)2)24(14-23-20)22(25)19-10-8-18(9-11-19)17-6-4-3-5-7-17/h3-14H,1-2H3. The number of aryl methyl sites for hydroxylation is 2. The molecule has 4 aromatic rings. The van der Waals surface area contributed by atoms with Gasteiger partial charge in [-0.25, -0.2) is 4.98 Å². The fourth-order valence-corrected chi connectivity index (χ4v) is 3.00. The van der Waals surface area contributed by atoms with E-state index in [9.17, 15) is 4.79 Å². The number of fused-ring (bicyclic) bond motifs is 1. The number of hydrogen-bond acceptors (Lipinski definition) is 2. The summed E-state index contributed by atoms with van der Waals surface area (Å²) >= 11 is 0. The molecule has 0 unspecified atom stereocenters. The van der Waals surface area contributed by atoms with E-state index in [-0.39, 0.29) is 5.91 Å². The third kappa shape index (κ3) is 2.74. The number of benzene rings is 3. The first-order valence-electron chi connectivity index (χ1n) is 8.28. The maximum Gasteiger partial charge on any atom is 0.263 e. The maximum atomic E-state index is 12.9. The van der Waals surface area contributed by atoms with E-state index >= 15 is 0 Å². The number of hydrogen-bond donors (Lipinski definition) is 0. The minimum atomic E-state index is -0.0645. The molecule has 0 fully saturated rings. The number of carbonyl (C=O) groups excluding carboxylic acids is 1. The van der Waals surface area contributed by atoms with Crippen molar-refractivity contribution in [2.75, 3.05) is 0 Å². The monoisotopic (exact) mass is 326 g/mol. The Balaban J connectivity index is 1.71. The summed E-state index contributed by atoms with van der Waals surface area (Å²) in [6.45, 7) is 4.10. The summed E-state index contributed by atoms with van der Waals surface area (Å²) in [4.78, 5) is 17.3. The number of rotatable bonds is 2. The molecule has 0 bridgehead atoms. The van der Waals surface area contributed by atoms with Crippen molar-refractivity contribution in [1.29, 1.82) is 0 Å². The topological polar surface area (TPSA) is 34.9 Å². The molecule has 0 atom stereocenters. The number of carbonyl (C=O) groups is 1. The highest BCUT2D eigenvalue weighted by Gasteiger charge is 2.13. The van der Waals surface area contributed by atoms with Crippen LogP contribution in [0, 0.1) is 13.8 Å². The fraction of sp³-hybridized carbons (Fsp3) is 0.0909. The van der Waals surface area contributed by atoms with Gasteiger partial charge in [-0.15, -0.1) is 0 Å². The second-order valence-electron chi connectivity index (χ2n) is 6.29. The number of aromatic nitrogens is 2. The van der Waals surface area contributed by atoms with Gasteiger partial charge in [0.25, 0.3) is 5.91 Å². The SMILES string of the molecule is Cc1cc2ncn(C(=O)c3ccc(-c4ccccc4)cc3)c2cc1C. The van der Waals surface area contributed by atoms with Crippen molar-refractivity contribution in [1.82, 2.24) is 9.55 Å². The van der Waals surface area contributed by atoms with Gasteiger partial charge < -0.3 is 0 Å². The Kier molecular flexibility index (Phi) is 3.69. The Labute approximate surface area is 146 Å². The molecule has 3 aromatic carbocycles. The molecule has 0 amide bonds. The predicted octanol–water partition coefficient (Wildman–Crippen LogP) is 5.01. The van der Waals surface area contributed by atoms with Crippen molar-refractivity contribution in [3.05, 3.63) is 89.7 Å². The molecule has 0 aliphatic heterocycles. The average Bonchev–Trinajstić information content (AvgIpc) is 3.05. The summed E-state index contributed by atoms with van der Waals surface area (Å²) < 4.78 is 1.62. The van der Waals surface area contributed by atoms with Crippen LogP contribution in [-0.2, 0) is 0 Å². The van der Waals surface area contributed by atoms with E-state index in [1.807, 2.05) is 61.5 Å². The highest BCUT2D eigenvalue weighted by atomic mass is 16.2. The quantitative estimate of drug-likeness (QED) is 0.519. The van der Waals surface area contributed by atoms with Gasteiger partial charge in [0.1, 0.15) is 6.33 Å². The Hall–Kier alpha value is -3.20. The molecule has 0 aliphatic carbocycles. The molecular weight excluding hydrogens is 308 g/mol. The molecule has 1 heterocycles. The first kappa shape index (κ1) is 15.3. The summed E-state index contributed by atoms with van der Waals surface area (Å²) in [6.07, 6.45) is 1.61. The molecule has 0 aliphatic rings. The van der Waals surface area contributed by atoms with Crippen LogP contribution in [0.2, 0.25) is 0 Å². The van der Waals surface area contributed by atoms with Crippen molar-refractivity contribution in [2.24, 2.45) is 0 Å². The molecule has 1 aromatic heterocycles. The van der Waals surface area contributed by atoms with Crippen LogP contribution in [0.5, 0.6) is 0 Å². The lowest BCUT2D eigenvalue weighted by molar-refractivity contribution is 0.0964. The largest absolute Gasteiger partial charge is 0.268 e. The predicted molar refractivity (Wildman–Crippen MR) is 101 cm³/mol. The molecule has 25 heavy (non-hydrogen) atoms. The van der Waals surface area contributed by atoms with E-state index in [4.69, 9.17) is 0 Å². The average molecular weight is 326 g/mol. The van der Waals surface area contributed by atoms with Gasteiger partial charge in [0.05, 0.1) is 11.0 Å². The molecule has 0 radical (unpaired) electrons. The lowest BCUT2D eigenvalue weighted by Gasteiger charge is -2.07. The Morgan fingerprint density at radius 3 is 2.20 bits per heavy atom. The normalized spacial score (nSPS) is 11.0. The van der Waals surface area contributed by atoms with Crippen LogP contribution < -0.4 is 0 Å². The van der Waals surface area contributed by atoms with E-state index < -0.39 is 0 Å². The second-order valence-corrected chi connectivity index (χ2v) is 6.29. The highest BCUT2D eigenvalue weighted by Crippen LogP contribution is 2.22. The Bertz CT molecular complexity index is 1060. The summed E-state index contributed by atoms with van der Waals surface area (Å²) in [5.74, 6) is -0.0645. The lowest BCUT2D eigenvalue weighted by atomic mass is 10.0. The molecule has 0 saturated heterocycles. The molecule has 0 N–H and O–H groups in total. The van der Waals surface area contributed by atoms with Gasteiger partial charge >= 0.3 is 0 Å². The molecule has 0 saturated carbocycles. The molecular formula is C22H18N2O. The lowest BCUT2D eigenvalue weighted by Crippen LogP contribution is -2.10. The van der Waals surface area contributed by atoms with E-state index in [1.54, 1.807) is 10.9 Å². The van der Waals surface area contributed by atoms with Crippen molar-refractivity contribution in [2.45, 2.75) is 13.8 Å². The zero-order valence-electron chi connectivity index (χ0n) is 14.2. The fourth-order valence-electron chi connectivity index (χ4n) is 3.00. The summed E-state index contributed by atoms with van der Waals surface area (Å²) in [7, 11) is 0. The zero-order valence-corrected chi connectivity index (χ0v) is 14.2. The summed E-state index contributed by atoms with van der Waals surface area (Å²) in [5, 5.41) is 0. The van der Waals surface area contributed by atoms with Gasteiger partial charge in [-0.3, -0.25) is 9.36 Å². The van der Waals surface area contributed by atoms with Crippen LogP contribution in [0.15, 0.2) is 73.1 Å². The van der Waals surface area contributed by atoms with Crippen molar-refractivity contribution >= 4 is 16.9 Å². The zero-order chi connectivity index (χ0) is 17.4. The van der Waals surface area contributed by atoms with E-state index in [0.717, 1.165) is 27.7 Å². The van der Waals surface area contributed by atoms with Gasteiger partial charge in [-0.1, -0.05) is 42.5 Å². The minimum absolute atomic E-state index is 0.0645. The first-order chi connectivity index (χ1) is 12.1. The van der Waals surface area contributed by atoms with Crippen LogP contribution in [0.1, 0.15) is 21.5 Å². The smallest absolute Gasteiger partial charge is 0.263 e. The van der Waals surface area contributed by atoms with Gasteiger partial charge in [0.2, 0.25) is 0 Å². The molecule has 3 heteroatoms. The summed E-state index contributed by atoms with van der Waals surface area (Å²) in [6, 6.07) is 21.9. The van der Waals surface area contributed by atoms with E-state index in [0.29, 0.717) is 5.56 Å². The van der Waals surface area contributed by atoms with Crippen LogP contribution in [-0.4, -0.2) is 15.5 Å². The van der Waals surface area contributed by atoms with Crippen LogP contribution >= 0.6 is 0 Å². The second kappa shape index (κ2) is 6.02. The van der Waals surface area contributed by atoms with Crippen LogP contribution in [0.3, 0.4) is 0 Å². The molecule has 3 nitrogen and oxygen atoms in total. The molecule has 0 spiro atoms. The van der Waals surface area contributed by atoms with Crippen molar-refractivity contribution in [3.8, 4) is 11.1 Å². The highest BCUT2D eigenvalue weighted by molar-refractivity contribution is 6.01. The van der Waals surface area contributed by atoms with Gasteiger partial charge in [-0.2, -0.15) is 0 Å². The van der Waals surface area contributed by atoms with E-state index in [2.05, 4.69) is 24.0 Å². The van der Waals surface area contributed by atoms with Crippen LogP contribution in [0.25, 0.3) is 22.2 Å². The third-order valence-electron chi connectivity index (χ3n) is 4.62. The number of nitrogens with zero attached hydrogens (tertiary/aromatic N) is 2. The van der Waals surface area contributed by atoms with Gasteiger partial charge in [0, 0.05) is 5.56 Å². The maximum absolute atomic E-state index is 12.9. The van der Waals surface area contributed by atoms with Gasteiger partial charge in [-0.05, 0) is 60.4 Å².